The van der Waals surface area contributed by atoms with Gasteiger partial charge >= 0.3 is 0 Å². The highest BCUT2D eigenvalue weighted by molar-refractivity contribution is 9.10. The Bertz CT molecular complexity index is 873. The lowest BCUT2D eigenvalue weighted by Gasteiger charge is -2.11. The van der Waals surface area contributed by atoms with Crippen molar-refractivity contribution in [1.29, 1.82) is 0 Å². The van der Waals surface area contributed by atoms with Gasteiger partial charge in [-0.1, -0.05) is 30.3 Å². The average Bonchev–Trinajstić information content (AvgIpc) is 2.99. The van der Waals surface area contributed by atoms with E-state index in [-0.39, 0.29) is 17.5 Å². The molecule has 104 valence electrons. The Balaban J connectivity index is 1.99. The van der Waals surface area contributed by atoms with E-state index in [0.717, 1.165) is 11.3 Å². The highest BCUT2D eigenvalue weighted by Gasteiger charge is 2.35. The lowest BCUT2D eigenvalue weighted by Crippen LogP contribution is -2.02. The summed E-state index contributed by atoms with van der Waals surface area (Å²) in [6.45, 7) is 0. The van der Waals surface area contributed by atoms with Crippen molar-refractivity contribution in [1.82, 2.24) is 9.38 Å². The third-order valence-corrected chi connectivity index (χ3v) is 4.47. The maximum absolute atomic E-state index is 13.6. The van der Waals surface area contributed by atoms with E-state index in [0.29, 0.717) is 22.2 Å². The highest BCUT2D eigenvalue weighted by atomic mass is 79.9. The predicted molar refractivity (Wildman–Crippen MR) is 80.1 cm³/mol. The molecule has 0 fully saturated rings. The summed E-state index contributed by atoms with van der Waals surface area (Å²) in [4.78, 5) is 16.5. The van der Waals surface area contributed by atoms with Crippen LogP contribution in [0.15, 0.2) is 47.1 Å². The van der Waals surface area contributed by atoms with Crippen molar-refractivity contribution in [3.63, 3.8) is 0 Å². The van der Waals surface area contributed by atoms with Crippen LogP contribution in [0.2, 0.25) is 0 Å². The molecule has 0 radical (unpaired) electrons. The van der Waals surface area contributed by atoms with E-state index in [2.05, 4.69) is 20.9 Å². The second-order valence-electron chi connectivity index (χ2n) is 5.13. The van der Waals surface area contributed by atoms with Crippen LogP contribution in [0.3, 0.4) is 0 Å². The van der Waals surface area contributed by atoms with Gasteiger partial charge in [-0.3, -0.25) is 4.79 Å². The van der Waals surface area contributed by atoms with E-state index in [4.69, 9.17) is 0 Å². The number of aromatic nitrogens is 2. The Labute approximate surface area is 128 Å². The molecule has 0 bridgehead atoms. The van der Waals surface area contributed by atoms with Gasteiger partial charge in [0.1, 0.15) is 17.2 Å². The molecule has 2 heterocycles. The number of halogens is 2. The SMILES string of the molecule is O=C1CC(c2ccccc2)c2c1nc1cc(F)c(Br)cn21. The normalized spacial score (nSPS) is 17.4. The molecule has 3 nitrogen and oxygen atoms in total. The Morgan fingerprint density at radius 1 is 1.29 bits per heavy atom. The van der Waals surface area contributed by atoms with E-state index >= 15 is 0 Å². The number of hydrogen-bond acceptors (Lipinski definition) is 2. The van der Waals surface area contributed by atoms with E-state index in [9.17, 15) is 9.18 Å². The topological polar surface area (TPSA) is 34.4 Å². The standard InChI is InChI=1S/C16H10BrFN2O/c17-11-8-20-14(7-12(11)18)19-15-13(21)6-10(16(15)20)9-4-2-1-3-5-9/h1-5,7-8,10H,6H2. The first-order chi connectivity index (χ1) is 10.1. The monoisotopic (exact) mass is 344 g/mol. The van der Waals surface area contributed by atoms with Crippen molar-refractivity contribution in [3.8, 4) is 0 Å². The third-order valence-electron chi connectivity index (χ3n) is 3.89. The molecule has 0 aliphatic heterocycles. The van der Waals surface area contributed by atoms with E-state index in [1.54, 1.807) is 6.20 Å². The van der Waals surface area contributed by atoms with Crippen LogP contribution >= 0.6 is 15.9 Å². The minimum absolute atomic E-state index is 0.0130. The van der Waals surface area contributed by atoms with Crippen LogP contribution in [-0.4, -0.2) is 15.2 Å². The number of imidazole rings is 1. The Kier molecular flexibility index (Phi) is 2.72. The lowest BCUT2D eigenvalue weighted by atomic mass is 9.97. The summed E-state index contributed by atoms with van der Waals surface area (Å²) in [5.74, 6) is -0.393. The maximum atomic E-state index is 13.6. The van der Waals surface area contributed by atoms with Crippen LogP contribution < -0.4 is 0 Å². The molecule has 0 saturated carbocycles. The van der Waals surface area contributed by atoms with Crippen molar-refractivity contribution in [2.24, 2.45) is 0 Å². The zero-order valence-electron chi connectivity index (χ0n) is 10.9. The molecule has 1 aliphatic rings. The Hall–Kier alpha value is -2.01. The molecule has 0 amide bonds. The molecule has 21 heavy (non-hydrogen) atoms. The molecule has 3 aromatic rings. The van der Waals surface area contributed by atoms with Gasteiger partial charge in [0, 0.05) is 24.6 Å². The van der Waals surface area contributed by atoms with Crippen LogP contribution in [0.5, 0.6) is 0 Å². The number of fused-ring (bicyclic) bond motifs is 3. The van der Waals surface area contributed by atoms with Gasteiger partial charge in [0.15, 0.2) is 5.78 Å². The smallest absolute Gasteiger partial charge is 0.184 e. The fraction of sp³-hybridized carbons (Fsp3) is 0.125. The summed E-state index contributed by atoms with van der Waals surface area (Å²) in [6.07, 6.45) is 2.06. The van der Waals surface area contributed by atoms with E-state index in [1.807, 2.05) is 34.7 Å². The molecule has 0 spiro atoms. The van der Waals surface area contributed by atoms with Gasteiger partial charge in [-0.25, -0.2) is 9.37 Å². The van der Waals surface area contributed by atoms with Crippen molar-refractivity contribution < 1.29 is 9.18 Å². The van der Waals surface area contributed by atoms with Crippen LogP contribution in [0, 0.1) is 5.82 Å². The predicted octanol–water partition coefficient (Wildman–Crippen LogP) is 3.95. The molecule has 4 rings (SSSR count). The number of carbonyl (C=O) groups is 1. The summed E-state index contributed by atoms with van der Waals surface area (Å²) in [5, 5.41) is 0. The van der Waals surface area contributed by atoms with Gasteiger partial charge in [-0.05, 0) is 21.5 Å². The zero-order valence-corrected chi connectivity index (χ0v) is 12.5. The molecule has 1 unspecified atom stereocenters. The number of ketones is 1. The number of nitrogens with zero attached hydrogens (tertiary/aromatic N) is 2. The summed E-state index contributed by atoms with van der Waals surface area (Å²) in [6, 6.07) is 11.2. The molecule has 0 N–H and O–H groups in total. The first-order valence-electron chi connectivity index (χ1n) is 6.60. The van der Waals surface area contributed by atoms with Crippen molar-refractivity contribution in [2.75, 3.05) is 0 Å². The quantitative estimate of drug-likeness (QED) is 0.669. The minimum atomic E-state index is -0.380. The van der Waals surface area contributed by atoms with Gasteiger partial charge in [-0.15, -0.1) is 0 Å². The second kappa shape index (κ2) is 4.49. The zero-order chi connectivity index (χ0) is 14.6. The fourth-order valence-corrected chi connectivity index (χ4v) is 3.26. The molecule has 0 saturated heterocycles. The van der Waals surface area contributed by atoms with E-state index < -0.39 is 0 Å². The Morgan fingerprint density at radius 3 is 2.81 bits per heavy atom. The van der Waals surface area contributed by atoms with Gasteiger partial charge in [0.25, 0.3) is 0 Å². The second-order valence-corrected chi connectivity index (χ2v) is 5.99. The molecule has 2 aromatic heterocycles. The first kappa shape index (κ1) is 12.7. The molecule has 1 aliphatic carbocycles. The fourth-order valence-electron chi connectivity index (χ4n) is 2.94. The third kappa shape index (κ3) is 1.84. The highest BCUT2D eigenvalue weighted by Crippen LogP contribution is 2.38. The van der Waals surface area contributed by atoms with Gasteiger partial charge in [0.2, 0.25) is 0 Å². The van der Waals surface area contributed by atoms with Crippen LogP contribution in [-0.2, 0) is 0 Å². The summed E-state index contributed by atoms with van der Waals surface area (Å²) in [7, 11) is 0. The largest absolute Gasteiger partial charge is 0.301 e. The van der Waals surface area contributed by atoms with Gasteiger partial charge < -0.3 is 4.40 Å². The average molecular weight is 345 g/mol. The molecule has 1 atom stereocenters. The number of benzene rings is 1. The summed E-state index contributed by atoms with van der Waals surface area (Å²) in [5.41, 5.74) is 2.85. The van der Waals surface area contributed by atoms with Crippen LogP contribution in [0.4, 0.5) is 4.39 Å². The van der Waals surface area contributed by atoms with Crippen molar-refractivity contribution >= 4 is 27.4 Å². The molecule has 5 heteroatoms. The van der Waals surface area contributed by atoms with Gasteiger partial charge in [-0.2, -0.15) is 0 Å². The summed E-state index contributed by atoms with van der Waals surface area (Å²) < 4.78 is 15.8. The van der Waals surface area contributed by atoms with E-state index in [1.165, 1.54) is 6.07 Å². The van der Waals surface area contributed by atoms with Crippen LogP contribution in [0.25, 0.3) is 5.65 Å². The number of hydrogen-bond donors (Lipinski definition) is 0. The molecular formula is C16H10BrFN2O. The number of carbonyl (C=O) groups excluding carboxylic acids is 1. The Morgan fingerprint density at radius 2 is 2.05 bits per heavy atom. The molecule has 1 aromatic carbocycles. The van der Waals surface area contributed by atoms with Crippen LogP contribution in [0.1, 0.15) is 34.1 Å². The molecular weight excluding hydrogens is 335 g/mol. The first-order valence-corrected chi connectivity index (χ1v) is 7.39. The number of rotatable bonds is 1. The minimum Gasteiger partial charge on any atom is -0.301 e. The van der Waals surface area contributed by atoms with Gasteiger partial charge in [0.05, 0.1) is 10.2 Å². The summed E-state index contributed by atoms with van der Waals surface area (Å²) >= 11 is 3.19. The van der Waals surface area contributed by atoms with Crippen molar-refractivity contribution in [2.45, 2.75) is 12.3 Å². The number of Topliss-reactive ketones (excluding diaryl/α,β-unsaturated/α-hetero) is 1. The number of pyridine rings is 1. The van der Waals surface area contributed by atoms with Crippen molar-refractivity contribution in [3.05, 3.63) is 69.8 Å². The lowest BCUT2D eigenvalue weighted by molar-refractivity contribution is 0.0987. The maximum Gasteiger partial charge on any atom is 0.184 e.